The molecule has 0 saturated carbocycles. The molecule has 0 radical (unpaired) electrons. The van der Waals surface area contributed by atoms with E-state index in [1.165, 1.54) is 23.3 Å². The Kier molecular flexibility index (Phi) is 2.33. The lowest BCUT2D eigenvalue weighted by Crippen LogP contribution is -2.22. The zero-order chi connectivity index (χ0) is 13.7. The number of fused-ring (bicyclic) bond motifs is 2. The zero-order valence-corrected chi connectivity index (χ0v) is 10.9. The molecule has 1 aliphatic rings. The molecule has 0 amide bonds. The summed E-state index contributed by atoms with van der Waals surface area (Å²) in [7, 11) is 0. The van der Waals surface area contributed by atoms with Gasteiger partial charge in [0.1, 0.15) is 5.82 Å². The summed E-state index contributed by atoms with van der Waals surface area (Å²) in [5.74, 6) is 0.641. The summed E-state index contributed by atoms with van der Waals surface area (Å²) >= 11 is 0. The lowest BCUT2D eigenvalue weighted by atomic mass is 9.77. The van der Waals surface area contributed by atoms with Gasteiger partial charge in [0.2, 0.25) is 5.95 Å². The molecular formula is C16H14FN3. The maximum atomic E-state index is 13.2. The monoisotopic (exact) mass is 267 g/mol. The van der Waals surface area contributed by atoms with Crippen LogP contribution in [0.3, 0.4) is 0 Å². The molecule has 0 fully saturated rings. The third-order valence-electron chi connectivity index (χ3n) is 4.10. The highest BCUT2D eigenvalue weighted by atomic mass is 19.1. The van der Waals surface area contributed by atoms with Crippen molar-refractivity contribution in [1.29, 1.82) is 0 Å². The van der Waals surface area contributed by atoms with Crippen LogP contribution in [0.2, 0.25) is 0 Å². The molecule has 20 heavy (non-hydrogen) atoms. The van der Waals surface area contributed by atoms with E-state index < -0.39 is 0 Å². The molecule has 0 bridgehead atoms. The third kappa shape index (κ3) is 1.61. The fourth-order valence-corrected chi connectivity index (χ4v) is 3.06. The first kappa shape index (κ1) is 11.5. The Morgan fingerprint density at radius 2 is 2.10 bits per heavy atom. The standard InChI is InChI=1S/C16H14FN3/c17-12-5-6-15-14(8-12)19-16(18)20(15)9-11-7-10-3-1-2-4-13(10)11/h1-6,8,11H,7,9H2,(H2,18,19). The van der Waals surface area contributed by atoms with E-state index in [9.17, 15) is 4.39 Å². The largest absolute Gasteiger partial charge is 0.369 e. The van der Waals surface area contributed by atoms with Crippen LogP contribution in [0.25, 0.3) is 11.0 Å². The smallest absolute Gasteiger partial charge is 0.201 e. The summed E-state index contributed by atoms with van der Waals surface area (Å²) < 4.78 is 15.2. The van der Waals surface area contributed by atoms with Gasteiger partial charge in [-0.1, -0.05) is 24.3 Å². The van der Waals surface area contributed by atoms with Gasteiger partial charge in [0, 0.05) is 18.5 Å². The van der Waals surface area contributed by atoms with Crippen molar-refractivity contribution in [2.45, 2.75) is 18.9 Å². The summed E-state index contributed by atoms with van der Waals surface area (Å²) in [6, 6.07) is 13.1. The first-order chi connectivity index (χ1) is 9.72. The maximum Gasteiger partial charge on any atom is 0.201 e. The van der Waals surface area contributed by atoms with Crippen LogP contribution in [0, 0.1) is 5.82 Å². The topological polar surface area (TPSA) is 43.8 Å². The molecule has 1 heterocycles. The van der Waals surface area contributed by atoms with Gasteiger partial charge in [-0.25, -0.2) is 9.37 Å². The molecule has 4 heteroatoms. The quantitative estimate of drug-likeness (QED) is 0.775. The fraction of sp³-hybridized carbons (Fsp3) is 0.188. The second kappa shape index (κ2) is 4.07. The SMILES string of the molecule is Nc1nc2cc(F)ccc2n1CC1Cc2ccccc21. The molecule has 1 unspecified atom stereocenters. The molecule has 2 N–H and O–H groups in total. The minimum absolute atomic E-state index is 0.281. The van der Waals surface area contributed by atoms with Crippen molar-refractivity contribution in [3.63, 3.8) is 0 Å². The molecule has 4 rings (SSSR count). The van der Waals surface area contributed by atoms with Crippen molar-refractivity contribution in [1.82, 2.24) is 9.55 Å². The van der Waals surface area contributed by atoms with E-state index in [-0.39, 0.29) is 5.82 Å². The van der Waals surface area contributed by atoms with Crippen molar-refractivity contribution < 1.29 is 4.39 Å². The minimum atomic E-state index is -0.281. The second-order valence-corrected chi connectivity index (χ2v) is 5.31. The summed E-state index contributed by atoms with van der Waals surface area (Å²) in [4.78, 5) is 4.24. The molecule has 1 atom stereocenters. The highest BCUT2D eigenvalue weighted by molar-refractivity contribution is 5.78. The van der Waals surface area contributed by atoms with Crippen LogP contribution in [0.5, 0.6) is 0 Å². The third-order valence-corrected chi connectivity index (χ3v) is 4.10. The molecular weight excluding hydrogens is 253 g/mol. The van der Waals surface area contributed by atoms with Gasteiger partial charge in [0.15, 0.2) is 0 Å². The van der Waals surface area contributed by atoms with Crippen molar-refractivity contribution >= 4 is 17.0 Å². The normalized spacial score (nSPS) is 16.9. The highest BCUT2D eigenvalue weighted by Crippen LogP contribution is 2.37. The number of aromatic nitrogens is 2. The van der Waals surface area contributed by atoms with Crippen molar-refractivity contribution in [3.05, 3.63) is 59.4 Å². The van der Waals surface area contributed by atoms with E-state index in [1.807, 2.05) is 4.57 Å². The predicted molar refractivity (Wildman–Crippen MR) is 77.0 cm³/mol. The number of nitrogens with zero attached hydrogens (tertiary/aromatic N) is 2. The fourth-order valence-electron chi connectivity index (χ4n) is 3.06. The molecule has 3 nitrogen and oxygen atoms in total. The highest BCUT2D eigenvalue weighted by Gasteiger charge is 2.26. The van der Waals surface area contributed by atoms with Gasteiger partial charge in [-0.15, -0.1) is 0 Å². The van der Waals surface area contributed by atoms with Crippen LogP contribution in [0.1, 0.15) is 17.0 Å². The Balaban J connectivity index is 1.72. The van der Waals surface area contributed by atoms with Gasteiger partial charge in [0.05, 0.1) is 11.0 Å². The first-order valence-electron chi connectivity index (χ1n) is 6.71. The molecule has 0 spiro atoms. The summed E-state index contributed by atoms with van der Waals surface area (Å²) in [5.41, 5.74) is 10.3. The number of imidazole rings is 1. The number of anilines is 1. The van der Waals surface area contributed by atoms with Gasteiger partial charge in [-0.3, -0.25) is 0 Å². The number of hydrogen-bond donors (Lipinski definition) is 1. The summed E-state index contributed by atoms with van der Waals surface area (Å²) in [6.45, 7) is 0.797. The Morgan fingerprint density at radius 3 is 2.95 bits per heavy atom. The average molecular weight is 267 g/mol. The van der Waals surface area contributed by atoms with Crippen LogP contribution in [0.4, 0.5) is 10.3 Å². The lowest BCUT2D eigenvalue weighted by molar-refractivity contribution is 0.520. The Labute approximate surface area is 115 Å². The number of hydrogen-bond acceptors (Lipinski definition) is 2. The number of nitrogens with two attached hydrogens (primary N) is 1. The Morgan fingerprint density at radius 1 is 1.25 bits per heavy atom. The van der Waals surface area contributed by atoms with Crippen molar-refractivity contribution in [3.8, 4) is 0 Å². The van der Waals surface area contributed by atoms with Crippen LogP contribution < -0.4 is 5.73 Å². The van der Waals surface area contributed by atoms with Crippen molar-refractivity contribution in [2.24, 2.45) is 0 Å². The van der Waals surface area contributed by atoms with Crippen LogP contribution in [-0.4, -0.2) is 9.55 Å². The van der Waals surface area contributed by atoms with Crippen LogP contribution in [-0.2, 0) is 13.0 Å². The van der Waals surface area contributed by atoms with E-state index in [2.05, 4.69) is 29.2 Å². The minimum Gasteiger partial charge on any atom is -0.369 e. The molecule has 1 aromatic heterocycles. The molecule has 0 aliphatic heterocycles. The number of halogens is 1. The van der Waals surface area contributed by atoms with E-state index in [4.69, 9.17) is 5.73 Å². The zero-order valence-electron chi connectivity index (χ0n) is 10.9. The lowest BCUT2D eigenvalue weighted by Gasteiger charge is -2.30. The van der Waals surface area contributed by atoms with E-state index in [0.29, 0.717) is 17.4 Å². The maximum absolute atomic E-state index is 13.2. The van der Waals surface area contributed by atoms with E-state index >= 15 is 0 Å². The van der Waals surface area contributed by atoms with Gasteiger partial charge < -0.3 is 10.3 Å². The van der Waals surface area contributed by atoms with Gasteiger partial charge >= 0.3 is 0 Å². The molecule has 100 valence electrons. The first-order valence-corrected chi connectivity index (χ1v) is 6.71. The van der Waals surface area contributed by atoms with Gasteiger partial charge in [0.25, 0.3) is 0 Å². The Bertz CT molecular complexity index is 807. The van der Waals surface area contributed by atoms with Gasteiger partial charge in [-0.2, -0.15) is 0 Å². The predicted octanol–water partition coefficient (Wildman–Crippen LogP) is 3.10. The molecule has 1 aliphatic carbocycles. The number of benzene rings is 2. The Hall–Kier alpha value is -2.36. The van der Waals surface area contributed by atoms with E-state index in [1.54, 1.807) is 6.07 Å². The number of rotatable bonds is 2. The van der Waals surface area contributed by atoms with Crippen molar-refractivity contribution in [2.75, 3.05) is 5.73 Å². The van der Waals surface area contributed by atoms with Crippen LogP contribution >= 0.6 is 0 Å². The van der Waals surface area contributed by atoms with E-state index in [0.717, 1.165) is 18.5 Å². The summed E-state index contributed by atoms with van der Waals surface area (Å²) in [6.07, 6.45) is 1.07. The molecule has 0 saturated heterocycles. The summed E-state index contributed by atoms with van der Waals surface area (Å²) in [5, 5.41) is 0. The molecule has 3 aromatic rings. The number of nitrogen functional groups attached to an aromatic ring is 1. The second-order valence-electron chi connectivity index (χ2n) is 5.31. The van der Waals surface area contributed by atoms with Crippen LogP contribution in [0.15, 0.2) is 42.5 Å². The average Bonchev–Trinajstić information content (AvgIpc) is 2.71. The van der Waals surface area contributed by atoms with Gasteiger partial charge in [-0.05, 0) is 29.7 Å². The molecule has 2 aromatic carbocycles.